The lowest BCUT2D eigenvalue weighted by Crippen LogP contribution is -2.17. The fraction of sp³-hybridized carbons (Fsp3) is 0.286. The van der Waals surface area contributed by atoms with Crippen molar-refractivity contribution in [1.82, 2.24) is 5.32 Å². The summed E-state index contributed by atoms with van der Waals surface area (Å²) in [4.78, 5) is 0. The van der Waals surface area contributed by atoms with Crippen molar-refractivity contribution in [2.75, 3.05) is 21.3 Å². The van der Waals surface area contributed by atoms with Crippen LogP contribution in [0.4, 0.5) is 0 Å². The van der Waals surface area contributed by atoms with Crippen molar-refractivity contribution in [3.05, 3.63) is 47.9 Å². The first kappa shape index (κ1) is 12.5. The number of nitrogens with one attached hydrogen (secondary N) is 1. The minimum Gasteiger partial charge on any atom is -0.497 e. The maximum absolute atomic E-state index is 5.45. The zero-order valence-electron chi connectivity index (χ0n) is 10.8. The number of hydrogen-bond donors (Lipinski definition) is 1. The predicted molar refractivity (Wildman–Crippen MR) is 69.2 cm³/mol. The van der Waals surface area contributed by atoms with E-state index in [0.29, 0.717) is 0 Å². The number of furan rings is 1. The van der Waals surface area contributed by atoms with Gasteiger partial charge in [-0.05, 0) is 31.3 Å². The van der Waals surface area contributed by atoms with Gasteiger partial charge in [0.25, 0.3) is 0 Å². The van der Waals surface area contributed by atoms with Gasteiger partial charge in [-0.15, -0.1) is 0 Å². The molecule has 0 aliphatic carbocycles. The molecule has 1 aromatic carbocycles. The van der Waals surface area contributed by atoms with E-state index in [2.05, 4.69) is 5.32 Å². The summed E-state index contributed by atoms with van der Waals surface area (Å²) in [6.07, 6.45) is 1.66. The molecule has 4 heteroatoms. The van der Waals surface area contributed by atoms with Gasteiger partial charge in [0.05, 0.1) is 26.5 Å². The van der Waals surface area contributed by atoms with Crippen LogP contribution in [0.5, 0.6) is 11.5 Å². The Morgan fingerprint density at radius 1 is 1.17 bits per heavy atom. The van der Waals surface area contributed by atoms with E-state index in [1.54, 1.807) is 20.5 Å². The van der Waals surface area contributed by atoms with E-state index in [9.17, 15) is 0 Å². The van der Waals surface area contributed by atoms with E-state index in [0.717, 1.165) is 22.8 Å². The van der Waals surface area contributed by atoms with E-state index in [1.807, 2.05) is 37.4 Å². The van der Waals surface area contributed by atoms with Crippen molar-refractivity contribution in [3.63, 3.8) is 0 Å². The van der Waals surface area contributed by atoms with Crippen LogP contribution in [-0.4, -0.2) is 21.3 Å². The Bertz CT molecular complexity index is 494. The molecule has 0 aliphatic heterocycles. The number of ether oxygens (including phenoxy) is 2. The molecule has 0 saturated carbocycles. The van der Waals surface area contributed by atoms with Crippen LogP contribution in [0, 0.1) is 0 Å². The van der Waals surface area contributed by atoms with Gasteiger partial charge in [-0.25, -0.2) is 0 Å². The highest BCUT2D eigenvalue weighted by Gasteiger charge is 2.19. The molecule has 0 radical (unpaired) electrons. The third-order valence-electron chi connectivity index (χ3n) is 2.87. The lowest BCUT2D eigenvalue weighted by Gasteiger charge is -2.18. The minimum atomic E-state index is -0.0409. The summed E-state index contributed by atoms with van der Waals surface area (Å²) in [6, 6.07) is 9.51. The summed E-state index contributed by atoms with van der Waals surface area (Å²) >= 11 is 0. The summed E-state index contributed by atoms with van der Waals surface area (Å²) in [5.41, 5.74) is 1.01. The molecular weight excluding hydrogens is 230 g/mol. The van der Waals surface area contributed by atoms with E-state index in [1.165, 1.54) is 0 Å². The first-order chi connectivity index (χ1) is 8.80. The third kappa shape index (κ3) is 2.33. The molecule has 18 heavy (non-hydrogen) atoms. The second kappa shape index (κ2) is 5.60. The zero-order chi connectivity index (χ0) is 13.0. The molecule has 0 amide bonds. The molecule has 0 bridgehead atoms. The first-order valence-electron chi connectivity index (χ1n) is 5.72. The van der Waals surface area contributed by atoms with Gasteiger partial charge in [-0.1, -0.05) is 0 Å². The second-order valence-corrected chi connectivity index (χ2v) is 3.84. The maximum atomic E-state index is 5.45. The van der Waals surface area contributed by atoms with Crippen LogP contribution in [0.2, 0.25) is 0 Å². The smallest absolute Gasteiger partial charge is 0.127 e. The molecule has 4 nitrogen and oxygen atoms in total. The molecule has 1 unspecified atom stereocenters. The molecule has 96 valence electrons. The SMILES string of the molecule is CNC(c1ccco1)c1ccc(OC)cc1OC. The quantitative estimate of drug-likeness (QED) is 0.882. The van der Waals surface area contributed by atoms with Crippen molar-refractivity contribution in [2.24, 2.45) is 0 Å². The van der Waals surface area contributed by atoms with Crippen molar-refractivity contribution in [1.29, 1.82) is 0 Å². The van der Waals surface area contributed by atoms with E-state index in [-0.39, 0.29) is 6.04 Å². The van der Waals surface area contributed by atoms with Crippen molar-refractivity contribution in [2.45, 2.75) is 6.04 Å². The second-order valence-electron chi connectivity index (χ2n) is 3.84. The van der Waals surface area contributed by atoms with E-state index < -0.39 is 0 Å². The standard InChI is InChI=1S/C14H17NO3/c1-15-14(12-5-4-8-18-12)11-7-6-10(16-2)9-13(11)17-3/h4-9,14-15H,1-3H3. The van der Waals surface area contributed by atoms with Crippen molar-refractivity contribution in [3.8, 4) is 11.5 Å². The average molecular weight is 247 g/mol. The molecule has 1 heterocycles. The Morgan fingerprint density at radius 3 is 2.56 bits per heavy atom. The Hall–Kier alpha value is -1.94. The molecule has 0 spiro atoms. The van der Waals surface area contributed by atoms with Crippen LogP contribution >= 0.6 is 0 Å². The molecule has 1 aromatic heterocycles. The van der Waals surface area contributed by atoms with Gasteiger partial charge >= 0.3 is 0 Å². The van der Waals surface area contributed by atoms with E-state index >= 15 is 0 Å². The van der Waals surface area contributed by atoms with Crippen LogP contribution in [0.3, 0.4) is 0 Å². The van der Waals surface area contributed by atoms with Gasteiger partial charge in [0.15, 0.2) is 0 Å². The average Bonchev–Trinajstić information content (AvgIpc) is 2.94. The Labute approximate surface area is 107 Å². The van der Waals surface area contributed by atoms with Gasteiger partial charge in [0, 0.05) is 11.6 Å². The van der Waals surface area contributed by atoms with Crippen molar-refractivity contribution < 1.29 is 13.9 Å². The van der Waals surface area contributed by atoms with Crippen LogP contribution in [0.15, 0.2) is 41.0 Å². The summed E-state index contributed by atoms with van der Waals surface area (Å²) < 4.78 is 16.0. The van der Waals surface area contributed by atoms with Gasteiger partial charge in [0.2, 0.25) is 0 Å². The zero-order valence-corrected chi connectivity index (χ0v) is 10.8. The normalized spacial score (nSPS) is 12.2. The first-order valence-corrected chi connectivity index (χ1v) is 5.72. The topological polar surface area (TPSA) is 43.6 Å². The molecule has 2 aromatic rings. The van der Waals surface area contributed by atoms with Crippen molar-refractivity contribution >= 4 is 0 Å². The molecule has 1 N–H and O–H groups in total. The molecule has 0 aliphatic rings. The molecule has 0 saturated heterocycles. The maximum Gasteiger partial charge on any atom is 0.127 e. The molecular formula is C14H17NO3. The Morgan fingerprint density at radius 2 is 2.00 bits per heavy atom. The number of benzene rings is 1. The lowest BCUT2D eigenvalue weighted by atomic mass is 10.0. The highest BCUT2D eigenvalue weighted by atomic mass is 16.5. The minimum absolute atomic E-state index is 0.0409. The summed E-state index contributed by atoms with van der Waals surface area (Å²) in [5.74, 6) is 2.39. The van der Waals surface area contributed by atoms with Gasteiger partial charge < -0.3 is 19.2 Å². The molecule has 0 fully saturated rings. The fourth-order valence-electron chi connectivity index (χ4n) is 1.96. The third-order valence-corrected chi connectivity index (χ3v) is 2.87. The van der Waals surface area contributed by atoms with E-state index in [4.69, 9.17) is 13.9 Å². The molecule has 2 rings (SSSR count). The molecule has 1 atom stereocenters. The number of methoxy groups -OCH3 is 2. The van der Waals surface area contributed by atoms with Gasteiger partial charge in [-0.2, -0.15) is 0 Å². The number of hydrogen-bond acceptors (Lipinski definition) is 4. The highest BCUT2D eigenvalue weighted by molar-refractivity contribution is 5.44. The fourth-order valence-corrected chi connectivity index (χ4v) is 1.96. The summed E-state index contributed by atoms with van der Waals surface area (Å²) in [6.45, 7) is 0. The van der Waals surface area contributed by atoms with Crippen LogP contribution in [0.25, 0.3) is 0 Å². The number of rotatable bonds is 5. The summed E-state index contributed by atoms with van der Waals surface area (Å²) in [5, 5.41) is 3.22. The summed E-state index contributed by atoms with van der Waals surface area (Å²) in [7, 11) is 5.17. The predicted octanol–water partition coefficient (Wildman–Crippen LogP) is 2.61. The highest BCUT2D eigenvalue weighted by Crippen LogP contribution is 2.32. The van der Waals surface area contributed by atoms with Gasteiger partial charge in [0.1, 0.15) is 17.3 Å². The van der Waals surface area contributed by atoms with Gasteiger partial charge in [-0.3, -0.25) is 0 Å². The van der Waals surface area contributed by atoms with Crippen LogP contribution in [0.1, 0.15) is 17.4 Å². The van der Waals surface area contributed by atoms with Crippen LogP contribution in [-0.2, 0) is 0 Å². The monoisotopic (exact) mass is 247 g/mol. The Kier molecular flexibility index (Phi) is 3.89. The Balaban J connectivity index is 2.42. The van der Waals surface area contributed by atoms with Crippen LogP contribution < -0.4 is 14.8 Å². The lowest BCUT2D eigenvalue weighted by molar-refractivity contribution is 0.383. The largest absolute Gasteiger partial charge is 0.497 e.